The van der Waals surface area contributed by atoms with Gasteiger partial charge in [-0.1, -0.05) is 11.2 Å². The molecule has 2 aromatic carbocycles. The molecule has 210 valence electrons. The molecule has 2 aliphatic heterocycles. The van der Waals surface area contributed by atoms with Gasteiger partial charge in [-0.2, -0.15) is 0 Å². The third kappa shape index (κ3) is 6.50. The number of ether oxygens (including phenoxy) is 3. The van der Waals surface area contributed by atoms with Gasteiger partial charge >= 0.3 is 0 Å². The molecule has 40 heavy (non-hydrogen) atoms. The number of likely N-dealkylation sites (tertiary alicyclic amines) is 1. The van der Waals surface area contributed by atoms with Crippen LogP contribution in [0.4, 0.5) is 4.39 Å². The van der Waals surface area contributed by atoms with Crippen molar-refractivity contribution in [1.29, 1.82) is 0 Å². The highest BCUT2D eigenvalue weighted by Gasteiger charge is 2.35. The number of fused-ring (bicyclic) bond motifs is 5. The minimum Gasteiger partial charge on any atom is -0.493 e. The van der Waals surface area contributed by atoms with Gasteiger partial charge < -0.3 is 34.3 Å². The van der Waals surface area contributed by atoms with Gasteiger partial charge in [-0.3, -0.25) is 14.4 Å². The molecule has 4 bridgehead atoms. The molecule has 0 spiro atoms. The molecule has 12 heteroatoms. The highest BCUT2D eigenvalue weighted by Crippen LogP contribution is 2.29. The first-order chi connectivity index (χ1) is 19.4. The average Bonchev–Trinajstić information content (AvgIpc) is 3.49. The van der Waals surface area contributed by atoms with E-state index in [-0.39, 0.29) is 49.4 Å². The van der Waals surface area contributed by atoms with E-state index >= 15 is 0 Å². The standard InChI is InChI=1S/C28H29FN4O7/c1-37-23-4-2-17-3-5-26(34)30-14-18-10-19(29)13-20(11-18)39-22-7-9-33(28(36)24-6-8-31-40-24)15-21(22)32-27(35)16-38-25(23)12-17/h2,4,6,8,10-13,21-22H,3,5,7,9,14-16H2,1H3,(H,30,34)(H,32,35)/t21-,22-/m1/s1. The molecule has 11 nitrogen and oxygen atoms in total. The molecule has 2 N–H and O–H groups in total. The highest BCUT2D eigenvalue weighted by atomic mass is 19.1. The van der Waals surface area contributed by atoms with Crippen LogP contribution >= 0.6 is 0 Å². The third-order valence-corrected chi connectivity index (χ3v) is 6.77. The molecule has 3 aromatic rings. The van der Waals surface area contributed by atoms with Crippen molar-refractivity contribution in [3.05, 3.63) is 71.4 Å². The van der Waals surface area contributed by atoms with Crippen LogP contribution in [0.2, 0.25) is 0 Å². The normalized spacial score (nSPS) is 20.0. The Balaban J connectivity index is 1.41. The van der Waals surface area contributed by atoms with E-state index in [9.17, 15) is 18.8 Å². The van der Waals surface area contributed by atoms with Crippen molar-refractivity contribution in [2.75, 3.05) is 26.8 Å². The number of halogens is 1. The number of nitrogens with zero attached hydrogens (tertiary/aromatic N) is 2. The number of piperidine rings is 1. The number of amides is 3. The molecule has 3 amide bonds. The lowest BCUT2D eigenvalue weighted by molar-refractivity contribution is -0.125. The fourth-order valence-electron chi connectivity index (χ4n) is 4.77. The quantitative estimate of drug-likeness (QED) is 0.495. The van der Waals surface area contributed by atoms with Gasteiger partial charge in [0.25, 0.3) is 11.8 Å². The van der Waals surface area contributed by atoms with E-state index in [2.05, 4.69) is 15.8 Å². The number of aromatic nitrogens is 1. The lowest BCUT2D eigenvalue weighted by Crippen LogP contribution is -2.58. The lowest BCUT2D eigenvalue weighted by atomic mass is 10.0. The summed E-state index contributed by atoms with van der Waals surface area (Å²) >= 11 is 0. The van der Waals surface area contributed by atoms with Crippen molar-refractivity contribution >= 4 is 17.7 Å². The molecule has 1 saturated heterocycles. The van der Waals surface area contributed by atoms with Crippen LogP contribution in [0.3, 0.4) is 0 Å². The Morgan fingerprint density at radius 1 is 1.10 bits per heavy atom. The summed E-state index contributed by atoms with van der Waals surface area (Å²) in [7, 11) is 1.50. The highest BCUT2D eigenvalue weighted by molar-refractivity contribution is 5.91. The van der Waals surface area contributed by atoms with Crippen LogP contribution in [0.5, 0.6) is 17.2 Å². The van der Waals surface area contributed by atoms with Gasteiger partial charge in [0, 0.05) is 44.6 Å². The Kier molecular flexibility index (Phi) is 8.13. The minimum absolute atomic E-state index is 0.0815. The van der Waals surface area contributed by atoms with Crippen LogP contribution in [0.25, 0.3) is 0 Å². The van der Waals surface area contributed by atoms with Gasteiger partial charge in [0.2, 0.25) is 11.7 Å². The predicted octanol–water partition coefficient (Wildman–Crippen LogP) is 2.24. The summed E-state index contributed by atoms with van der Waals surface area (Å²) in [6.45, 7) is 0.222. The zero-order chi connectivity index (χ0) is 28.1. The Hall–Kier alpha value is -4.61. The van der Waals surface area contributed by atoms with Crippen LogP contribution in [0, 0.1) is 5.82 Å². The Morgan fingerprint density at radius 2 is 1.98 bits per heavy atom. The molecule has 1 aromatic heterocycles. The zero-order valence-electron chi connectivity index (χ0n) is 21.9. The number of carbonyl (C=O) groups is 3. The smallest absolute Gasteiger partial charge is 0.292 e. The molecule has 1 fully saturated rings. The molecule has 0 aliphatic carbocycles. The van der Waals surface area contributed by atoms with Gasteiger partial charge in [-0.25, -0.2) is 4.39 Å². The molecule has 3 heterocycles. The summed E-state index contributed by atoms with van der Waals surface area (Å²) in [6, 6.07) is 10.3. The van der Waals surface area contributed by atoms with Crippen molar-refractivity contribution in [2.24, 2.45) is 0 Å². The first-order valence-electron chi connectivity index (χ1n) is 12.9. The van der Waals surface area contributed by atoms with Crippen LogP contribution in [-0.4, -0.2) is 66.7 Å². The lowest BCUT2D eigenvalue weighted by Gasteiger charge is -2.38. The molecule has 0 saturated carbocycles. The van der Waals surface area contributed by atoms with Crippen molar-refractivity contribution < 1.29 is 37.5 Å². The maximum Gasteiger partial charge on any atom is 0.292 e. The topological polar surface area (TPSA) is 132 Å². The Bertz CT molecular complexity index is 1380. The Labute approximate surface area is 229 Å². The third-order valence-electron chi connectivity index (χ3n) is 6.77. The number of benzene rings is 2. The average molecular weight is 553 g/mol. The summed E-state index contributed by atoms with van der Waals surface area (Å²) in [5, 5.41) is 9.31. The maximum atomic E-state index is 14.5. The molecule has 0 unspecified atom stereocenters. The van der Waals surface area contributed by atoms with E-state index in [0.717, 1.165) is 5.56 Å². The second-order valence-corrected chi connectivity index (χ2v) is 9.59. The second-order valence-electron chi connectivity index (χ2n) is 9.59. The van der Waals surface area contributed by atoms with Crippen molar-refractivity contribution in [3.8, 4) is 17.2 Å². The van der Waals surface area contributed by atoms with Crippen LogP contribution in [-0.2, 0) is 22.6 Å². The minimum atomic E-state index is -0.643. The Morgan fingerprint density at radius 3 is 2.77 bits per heavy atom. The molecule has 0 radical (unpaired) electrons. The largest absolute Gasteiger partial charge is 0.493 e. The van der Waals surface area contributed by atoms with E-state index < -0.39 is 23.9 Å². The predicted molar refractivity (Wildman–Crippen MR) is 138 cm³/mol. The first-order valence-corrected chi connectivity index (χ1v) is 12.9. The number of aryl methyl sites for hydroxylation is 1. The summed E-state index contributed by atoms with van der Waals surface area (Å²) < 4.78 is 36.8. The fourth-order valence-corrected chi connectivity index (χ4v) is 4.77. The van der Waals surface area contributed by atoms with Gasteiger partial charge in [-0.05, 0) is 41.8 Å². The van der Waals surface area contributed by atoms with E-state index in [1.807, 2.05) is 6.07 Å². The molecule has 5 rings (SSSR count). The number of hydrogen-bond acceptors (Lipinski definition) is 8. The number of rotatable bonds is 2. The van der Waals surface area contributed by atoms with Crippen molar-refractivity contribution in [3.63, 3.8) is 0 Å². The number of nitrogens with one attached hydrogen (secondary N) is 2. The number of hydrogen-bond donors (Lipinski definition) is 2. The van der Waals surface area contributed by atoms with E-state index in [1.165, 1.54) is 36.4 Å². The van der Waals surface area contributed by atoms with Gasteiger partial charge in [0.05, 0.1) is 19.3 Å². The van der Waals surface area contributed by atoms with E-state index in [1.54, 1.807) is 18.2 Å². The van der Waals surface area contributed by atoms with Gasteiger partial charge in [-0.15, -0.1) is 0 Å². The molecular weight excluding hydrogens is 523 g/mol. The number of carbonyl (C=O) groups excluding carboxylic acids is 3. The molecular formula is C28H29FN4O7. The summed E-state index contributed by atoms with van der Waals surface area (Å²) in [6.07, 6.45) is 1.78. The van der Waals surface area contributed by atoms with Crippen molar-refractivity contribution in [2.45, 2.75) is 38.0 Å². The summed E-state index contributed by atoms with van der Waals surface area (Å²) in [4.78, 5) is 40.0. The SMILES string of the molecule is COc1ccc2cc1OCC(=O)N[C@@H]1CN(C(=O)c3ccno3)CC[C@H]1Oc1cc(F)cc(c1)CNC(=O)CC2. The van der Waals surface area contributed by atoms with Gasteiger partial charge in [0.1, 0.15) is 17.7 Å². The van der Waals surface area contributed by atoms with E-state index in [4.69, 9.17) is 18.7 Å². The monoisotopic (exact) mass is 552 g/mol. The van der Waals surface area contributed by atoms with Crippen LogP contribution < -0.4 is 24.8 Å². The molecule has 2 aliphatic rings. The fraction of sp³-hybridized carbons (Fsp3) is 0.357. The second kappa shape index (κ2) is 12.1. The van der Waals surface area contributed by atoms with Crippen LogP contribution in [0.15, 0.2) is 53.2 Å². The van der Waals surface area contributed by atoms with Crippen LogP contribution in [0.1, 0.15) is 34.5 Å². The maximum absolute atomic E-state index is 14.5. The van der Waals surface area contributed by atoms with Gasteiger partial charge in [0.15, 0.2) is 18.1 Å². The zero-order valence-corrected chi connectivity index (χ0v) is 21.9. The molecule has 2 atom stereocenters. The number of methoxy groups -OCH3 is 1. The first kappa shape index (κ1) is 27.0. The van der Waals surface area contributed by atoms with E-state index in [0.29, 0.717) is 36.4 Å². The van der Waals surface area contributed by atoms with Crippen molar-refractivity contribution in [1.82, 2.24) is 20.7 Å². The summed E-state index contributed by atoms with van der Waals surface area (Å²) in [5.41, 5.74) is 1.35. The summed E-state index contributed by atoms with van der Waals surface area (Å²) in [5.74, 6) is -0.396.